The summed E-state index contributed by atoms with van der Waals surface area (Å²) in [6.45, 7) is 3.02. The van der Waals surface area contributed by atoms with Gasteiger partial charge in [0.05, 0.1) is 6.54 Å². The zero-order chi connectivity index (χ0) is 13.8. The van der Waals surface area contributed by atoms with E-state index >= 15 is 0 Å². The van der Waals surface area contributed by atoms with Gasteiger partial charge in [0.15, 0.2) is 0 Å². The van der Waals surface area contributed by atoms with E-state index in [2.05, 4.69) is 35.2 Å². The quantitative estimate of drug-likeness (QED) is 0.928. The summed E-state index contributed by atoms with van der Waals surface area (Å²) in [6.07, 6.45) is 2.49. The van der Waals surface area contributed by atoms with Crippen LogP contribution < -0.4 is 0 Å². The number of nitrogens with zero attached hydrogens (tertiary/aromatic N) is 1. The molecule has 3 nitrogen and oxygen atoms in total. The average Bonchev–Trinajstić information content (AvgIpc) is 2.96. The monoisotopic (exact) mass is 271 g/mol. The van der Waals surface area contributed by atoms with Crippen molar-refractivity contribution in [2.24, 2.45) is 0 Å². The maximum absolute atomic E-state index is 9.04. The van der Waals surface area contributed by atoms with Gasteiger partial charge >= 0.3 is 0 Å². The molecule has 0 radical (unpaired) electrons. The van der Waals surface area contributed by atoms with E-state index in [1.165, 1.54) is 18.4 Å². The molecule has 1 aliphatic heterocycles. The van der Waals surface area contributed by atoms with Crippen LogP contribution in [-0.2, 0) is 13.2 Å². The summed E-state index contributed by atoms with van der Waals surface area (Å²) >= 11 is 0. The topological polar surface area (TPSA) is 36.6 Å². The van der Waals surface area contributed by atoms with E-state index in [9.17, 15) is 0 Å². The van der Waals surface area contributed by atoms with Crippen LogP contribution in [0.15, 0.2) is 46.9 Å². The molecule has 106 valence electrons. The molecule has 2 aromatic rings. The second kappa shape index (κ2) is 6.25. The maximum Gasteiger partial charge on any atom is 0.129 e. The Morgan fingerprint density at radius 1 is 1.10 bits per heavy atom. The lowest BCUT2D eigenvalue weighted by Gasteiger charge is -2.32. The van der Waals surface area contributed by atoms with E-state index in [4.69, 9.17) is 9.52 Å². The second-order valence-electron chi connectivity index (χ2n) is 5.51. The van der Waals surface area contributed by atoms with Gasteiger partial charge in [-0.05, 0) is 43.0 Å². The van der Waals surface area contributed by atoms with Crippen LogP contribution in [0.2, 0.25) is 0 Å². The summed E-state index contributed by atoms with van der Waals surface area (Å²) in [5.41, 5.74) is 1.44. The third kappa shape index (κ3) is 3.11. The first-order chi connectivity index (χ1) is 9.85. The molecule has 1 fully saturated rings. The lowest BCUT2D eigenvalue weighted by atomic mass is 9.91. The van der Waals surface area contributed by atoms with E-state index in [-0.39, 0.29) is 6.61 Å². The third-order valence-electron chi connectivity index (χ3n) is 4.03. The van der Waals surface area contributed by atoms with Gasteiger partial charge in [-0.1, -0.05) is 30.3 Å². The minimum absolute atomic E-state index is 0.0212. The predicted molar refractivity (Wildman–Crippen MR) is 78.3 cm³/mol. The van der Waals surface area contributed by atoms with Crippen LogP contribution in [0.4, 0.5) is 0 Å². The van der Waals surface area contributed by atoms with Crippen LogP contribution >= 0.6 is 0 Å². The largest absolute Gasteiger partial charge is 0.462 e. The first-order valence-corrected chi connectivity index (χ1v) is 7.31. The van der Waals surface area contributed by atoms with Gasteiger partial charge in [-0.15, -0.1) is 0 Å². The van der Waals surface area contributed by atoms with Crippen molar-refractivity contribution in [3.05, 3.63) is 59.5 Å². The lowest BCUT2D eigenvalue weighted by Crippen LogP contribution is -2.33. The second-order valence-corrected chi connectivity index (χ2v) is 5.51. The van der Waals surface area contributed by atoms with Gasteiger partial charge in [0.2, 0.25) is 0 Å². The van der Waals surface area contributed by atoms with Gasteiger partial charge in [0.1, 0.15) is 18.1 Å². The lowest BCUT2D eigenvalue weighted by molar-refractivity contribution is 0.180. The Morgan fingerprint density at radius 3 is 2.65 bits per heavy atom. The number of benzene rings is 1. The Hall–Kier alpha value is -1.58. The highest BCUT2D eigenvalue weighted by Gasteiger charge is 2.21. The minimum atomic E-state index is -0.0212. The Labute approximate surface area is 119 Å². The highest BCUT2D eigenvalue weighted by Crippen LogP contribution is 2.27. The molecule has 2 heterocycles. The van der Waals surface area contributed by atoms with Crippen molar-refractivity contribution in [3.8, 4) is 0 Å². The maximum atomic E-state index is 9.04. The molecule has 1 aromatic carbocycles. The van der Waals surface area contributed by atoms with Gasteiger partial charge in [-0.3, -0.25) is 4.90 Å². The first kappa shape index (κ1) is 13.4. The van der Waals surface area contributed by atoms with Crippen molar-refractivity contribution in [1.29, 1.82) is 0 Å². The molecule has 1 N–H and O–H groups in total. The van der Waals surface area contributed by atoms with E-state index in [1.54, 1.807) is 0 Å². The number of aliphatic hydroxyl groups is 1. The summed E-state index contributed by atoms with van der Waals surface area (Å²) in [4.78, 5) is 2.45. The Bertz CT molecular complexity index is 535. The first-order valence-electron chi connectivity index (χ1n) is 7.31. The van der Waals surface area contributed by atoms with Crippen LogP contribution in [0.1, 0.15) is 35.8 Å². The van der Waals surface area contributed by atoms with Crippen molar-refractivity contribution in [2.75, 3.05) is 13.1 Å². The fourth-order valence-electron chi connectivity index (χ4n) is 3.01. The van der Waals surface area contributed by atoms with Crippen LogP contribution in [0, 0.1) is 0 Å². The SMILES string of the molecule is OCc1ccc(CN2CCC[C@H](c3ccccc3)C2)o1. The van der Waals surface area contributed by atoms with Crippen molar-refractivity contribution in [2.45, 2.75) is 31.9 Å². The number of hydrogen-bond donors (Lipinski definition) is 1. The van der Waals surface area contributed by atoms with Crippen molar-refractivity contribution >= 4 is 0 Å². The molecular formula is C17H21NO2. The standard InChI is InChI=1S/C17H21NO2/c19-13-17-9-8-16(20-17)12-18-10-4-7-15(11-18)14-5-2-1-3-6-14/h1-3,5-6,8-9,15,19H,4,7,10-13H2/t15-/m0/s1. The smallest absolute Gasteiger partial charge is 0.129 e. The van der Waals surface area contributed by atoms with E-state index < -0.39 is 0 Å². The van der Waals surface area contributed by atoms with Crippen LogP contribution in [0.5, 0.6) is 0 Å². The summed E-state index contributed by atoms with van der Waals surface area (Å²) in [7, 11) is 0. The van der Waals surface area contributed by atoms with Crippen molar-refractivity contribution in [1.82, 2.24) is 4.90 Å². The number of aliphatic hydroxyl groups excluding tert-OH is 1. The molecule has 3 rings (SSSR count). The van der Waals surface area contributed by atoms with Gasteiger partial charge in [-0.2, -0.15) is 0 Å². The van der Waals surface area contributed by atoms with Crippen LogP contribution in [-0.4, -0.2) is 23.1 Å². The predicted octanol–water partition coefficient (Wildman–Crippen LogP) is 3.15. The number of furan rings is 1. The molecule has 0 unspecified atom stereocenters. The highest BCUT2D eigenvalue weighted by atomic mass is 16.4. The summed E-state index contributed by atoms with van der Waals surface area (Å²) in [6, 6.07) is 14.6. The average molecular weight is 271 g/mol. The number of rotatable bonds is 4. The van der Waals surface area contributed by atoms with Gasteiger partial charge in [0, 0.05) is 6.54 Å². The Kier molecular flexibility index (Phi) is 4.19. The van der Waals surface area contributed by atoms with Crippen molar-refractivity contribution in [3.63, 3.8) is 0 Å². The van der Waals surface area contributed by atoms with Gasteiger partial charge in [-0.25, -0.2) is 0 Å². The van der Waals surface area contributed by atoms with E-state index in [1.807, 2.05) is 12.1 Å². The molecule has 1 aliphatic rings. The molecule has 3 heteroatoms. The molecule has 0 amide bonds. The normalized spacial score (nSPS) is 20.1. The van der Waals surface area contributed by atoms with Gasteiger partial charge in [0.25, 0.3) is 0 Å². The minimum Gasteiger partial charge on any atom is -0.462 e. The summed E-state index contributed by atoms with van der Waals surface area (Å²) in [5.74, 6) is 2.22. The Morgan fingerprint density at radius 2 is 1.90 bits per heavy atom. The highest BCUT2D eigenvalue weighted by molar-refractivity contribution is 5.20. The molecule has 1 atom stereocenters. The Balaban J connectivity index is 1.63. The van der Waals surface area contributed by atoms with E-state index in [0.717, 1.165) is 25.4 Å². The molecular weight excluding hydrogens is 250 g/mol. The summed E-state index contributed by atoms with van der Waals surface area (Å²) < 4.78 is 5.58. The fourth-order valence-corrected chi connectivity index (χ4v) is 3.01. The number of piperidine rings is 1. The van der Waals surface area contributed by atoms with E-state index in [0.29, 0.717) is 11.7 Å². The molecule has 0 saturated carbocycles. The molecule has 20 heavy (non-hydrogen) atoms. The molecule has 0 spiro atoms. The molecule has 1 saturated heterocycles. The fraction of sp³-hybridized carbons (Fsp3) is 0.412. The molecule has 0 aliphatic carbocycles. The summed E-state index contributed by atoms with van der Waals surface area (Å²) in [5, 5.41) is 9.04. The molecule has 1 aromatic heterocycles. The van der Waals surface area contributed by atoms with Crippen molar-refractivity contribution < 1.29 is 9.52 Å². The van der Waals surface area contributed by atoms with Crippen LogP contribution in [0.3, 0.4) is 0 Å². The van der Waals surface area contributed by atoms with Gasteiger partial charge < -0.3 is 9.52 Å². The zero-order valence-electron chi connectivity index (χ0n) is 11.7. The number of likely N-dealkylation sites (tertiary alicyclic amines) is 1. The number of hydrogen-bond acceptors (Lipinski definition) is 3. The zero-order valence-corrected chi connectivity index (χ0v) is 11.7. The third-order valence-corrected chi connectivity index (χ3v) is 4.03. The molecule has 0 bridgehead atoms. The van der Waals surface area contributed by atoms with Crippen LogP contribution in [0.25, 0.3) is 0 Å².